The Labute approximate surface area is 173 Å². The minimum Gasteiger partial charge on any atom is -0.386 e. The van der Waals surface area contributed by atoms with E-state index < -0.39 is 6.10 Å². The highest BCUT2D eigenvalue weighted by molar-refractivity contribution is 14.0. The van der Waals surface area contributed by atoms with Gasteiger partial charge in [0, 0.05) is 25.5 Å². The SMILES string of the molecule is CCNC(=NCC(O)c1ccncc1)NCCc1cc(C)cc(C)c1.I. The van der Waals surface area contributed by atoms with E-state index in [0.717, 1.165) is 31.0 Å². The first kappa shape index (κ1) is 22.4. The van der Waals surface area contributed by atoms with Crippen LogP contribution in [0.5, 0.6) is 0 Å². The smallest absolute Gasteiger partial charge is 0.191 e. The third-order valence-electron chi connectivity index (χ3n) is 3.85. The van der Waals surface area contributed by atoms with Gasteiger partial charge in [-0.15, -0.1) is 24.0 Å². The largest absolute Gasteiger partial charge is 0.386 e. The van der Waals surface area contributed by atoms with E-state index in [0.29, 0.717) is 6.54 Å². The van der Waals surface area contributed by atoms with Gasteiger partial charge in [-0.3, -0.25) is 9.98 Å². The second kappa shape index (κ2) is 11.9. The molecule has 0 aliphatic heterocycles. The molecule has 26 heavy (non-hydrogen) atoms. The van der Waals surface area contributed by atoms with Crippen LogP contribution in [0.2, 0.25) is 0 Å². The molecular formula is C20H29IN4O. The summed E-state index contributed by atoms with van der Waals surface area (Å²) in [6.07, 6.45) is 3.66. The molecule has 1 heterocycles. The maximum atomic E-state index is 10.2. The van der Waals surface area contributed by atoms with Gasteiger partial charge in [-0.2, -0.15) is 0 Å². The van der Waals surface area contributed by atoms with Crippen LogP contribution in [-0.4, -0.2) is 35.7 Å². The van der Waals surface area contributed by atoms with Crippen molar-refractivity contribution in [2.24, 2.45) is 4.99 Å². The molecule has 142 valence electrons. The lowest BCUT2D eigenvalue weighted by Crippen LogP contribution is -2.38. The van der Waals surface area contributed by atoms with Crippen LogP contribution in [0.1, 0.15) is 35.3 Å². The number of halogens is 1. The van der Waals surface area contributed by atoms with Crippen molar-refractivity contribution in [3.05, 3.63) is 65.0 Å². The summed E-state index contributed by atoms with van der Waals surface area (Å²) in [5.41, 5.74) is 4.72. The minimum atomic E-state index is -0.627. The number of aromatic nitrogens is 1. The van der Waals surface area contributed by atoms with Crippen molar-refractivity contribution in [1.82, 2.24) is 15.6 Å². The Bertz CT molecular complexity index is 671. The van der Waals surface area contributed by atoms with Gasteiger partial charge in [-0.1, -0.05) is 29.3 Å². The maximum Gasteiger partial charge on any atom is 0.191 e. The van der Waals surface area contributed by atoms with Gasteiger partial charge < -0.3 is 15.7 Å². The van der Waals surface area contributed by atoms with Gasteiger partial charge in [-0.25, -0.2) is 0 Å². The minimum absolute atomic E-state index is 0. The Balaban J connectivity index is 0.00000338. The Kier molecular flexibility index (Phi) is 10.2. The van der Waals surface area contributed by atoms with Gasteiger partial charge in [0.15, 0.2) is 5.96 Å². The first-order valence-electron chi connectivity index (χ1n) is 8.76. The molecular weight excluding hydrogens is 439 g/mol. The highest BCUT2D eigenvalue weighted by atomic mass is 127. The van der Waals surface area contributed by atoms with E-state index >= 15 is 0 Å². The summed E-state index contributed by atoms with van der Waals surface area (Å²) in [7, 11) is 0. The van der Waals surface area contributed by atoms with E-state index in [2.05, 4.69) is 52.7 Å². The van der Waals surface area contributed by atoms with E-state index in [1.165, 1.54) is 16.7 Å². The van der Waals surface area contributed by atoms with Crippen molar-refractivity contribution in [2.75, 3.05) is 19.6 Å². The number of aliphatic imine (C=N–C) groups is 1. The van der Waals surface area contributed by atoms with Gasteiger partial charge >= 0.3 is 0 Å². The summed E-state index contributed by atoms with van der Waals surface area (Å²) < 4.78 is 0. The zero-order chi connectivity index (χ0) is 18.1. The number of aliphatic hydroxyl groups is 1. The summed E-state index contributed by atoms with van der Waals surface area (Å²) in [4.78, 5) is 8.44. The molecule has 0 saturated heterocycles. The molecule has 0 aliphatic carbocycles. The van der Waals surface area contributed by atoms with Gasteiger partial charge in [0.2, 0.25) is 0 Å². The standard InChI is InChI=1S/C20H28N4O.HI/c1-4-22-20(24-14-19(25)18-6-8-21-9-7-18)23-10-5-17-12-15(2)11-16(3)13-17;/h6-9,11-13,19,25H,4-5,10,14H2,1-3H3,(H2,22,23,24);1H. The Morgan fingerprint density at radius 2 is 1.77 bits per heavy atom. The highest BCUT2D eigenvalue weighted by Gasteiger charge is 2.07. The number of nitrogens with zero attached hydrogens (tertiary/aromatic N) is 2. The molecule has 6 heteroatoms. The molecule has 2 rings (SSSR count). The second-order valence-electron chi connectivity index (χ2n) is 6.19. The zero-order valence-corrected chi connectivity index (χ0v) is 18.0. The Morgan fingerprint density at radius 1 is 1.12 bits per heavy atom. The molecule has 1 unspecified atom stereocenters. The molecule has 0 amide bonds. The summed E-state index contributed by atoms with van der Waals surface area (Å²) >= 11 is 0. The molecule has 1 atom stereocenters. The Hall–Kier alpha value is -1.67. The number of pyridine rings is 1. The molecule has 0 aliphatic rings. The van der Waals surface area contributed by atoms with Crippen molar-refractivity contribution in [1.29, 1.82) is 0 Å². The second-order valence-corrected chi connectivity index (χ2v) is 6.19. The van der Waals surface area contributed by atoms with Gasteiger partial charge in [0.25, 0.3) is 0 Å². The lowest BCUT2D eigenvalue weighted by Gasteiger charge is -2.13. The van der Waals surface area contributed by atoms with Crippen molar-refractivity contribution < 1.29 is 5.11 Å². The molecule has 0 fully saturated rings. The van der Waals surface area contributed by atoms with Crippen molar-refractivity contribution in [2.45, 2.75) is 33.3 Å². The van der Waals surface area contributed by atoms with Crippen molar-refractivity contribution in [3.8, 4) is 0 Å². The number of aliphatic hydroxyl groups excluding tert-OH is 1. The normalized spacial score (nSPS) is 12.2. The molecule has 0 spiro atoms. The fourth-order valence-corrected chi connectivity index (χ4v) is 2.75. The number of nitrogens with one attached hydrogen (secondary N) is 2. The molecule has 1 aromatic heterocycles. The van der Waals surface area contributed by atoms with Crippen LogP contribution in [0.15, 0.2) is 47.7 Å². The van der Waals surface area contributed by atoms with E-state index in [4.69, 9.17) is 0 Å². The number of hydrogen-bond donors (Lipinski definition) is 3. The zero-order valence-electron chi connectivity index (χ0n) is 15.7. The molecule has 0 radical (unpaired) electrons. The topological polar surface area (TPSA) is 69.5 Å². The van der Waals surface area contributed by atoms with Crippen LogP contribution >= 0.6 is 24.0 Å². The first-order chi connectivity index (χ1) is 12.1. The van der Waals surface area contributed by atoms with Gasteiger partial charge in [-0.05, 0) is 50.5 Å². The van der Waals surface area contributed by atoms with Gasteiger partial charge in [0.05, 0.1) is 12.6 Å². The average molecular weight is 468 g/mol. The van der Waals surface area contributed by atoms with E-state index in [9.17, 15) is 5.11 Å². The van der Waals surface area contributed by atoms with E-state index in [-0.39, 0.29) is 24.0 Å². The fraction of sp³-hybridized carbons (Fsp3) is 0.400. The maximum absolute atomic E-state index is 10.2. The highest BCUT2D eigenvalue weighted by Crippen LogP contribution is 2.11. The fourth-order valence-electron chi connectivity index (χ4n) is 2.75. The molecule has 5 nitrogen and oxygen atoms in total. The molecule has 0 bridgehead atoms. The van der Waals surface area contributed by atoms with Crippen LogP contribution in [0, 0.1) is 13.8 Å². The van der Waals surface area contributed by atoms with Gasteiger partial charge in [0.1, 0.15) is 0 Å². The predicted octanol–water partition coefficient (Wildman–Crippen LogP) is 3.15. The van der Waals surface area contributed by atoms with Crippen LogP contribution in [0.25, 0.3) is 0 Å². The van der Waals surface area contributed by atoms with Crippen LogP contribution in [-0.2, 0) is 6.42 Å². The van der Waals surface area contributed by atoms with Crippen molar-refractivity contribution in [3.63, 3.8) is 0 Å². The monoisotopic (exact) mass is 468 g/mol. The number of rotatable bonds is 7. The summed E-state index contributed by atoms with van der Waals surface area (Å²) in [5.74, 6) is 0.722. The average Bonchev–Trinajstić information content (AvgIpc) is 2.59. The quantitative estimate of drug-likeness (QED) is 0.332. The van der Waals surface area contributed by atoms with Crippen LogP contribution < -0.4 is 10.6 Å². The Morgan fingerprint density at radius 3 is 2.38 bits per heavy atom. The van der Waals surface area contributed by atoms with Crippen LogP contribution in [0.4, 0.5) is 0 Å². The van der Waals surface area contributed by atoms with E-state index in [1.54, 1.807) is 24.5 Å². The van der Waals surface area contributed by atoms with Crippen LogP contribution in [0.3, 0.4) is 0 Å². The predicted molar refractivity (Wildman–Crippen MR) is 118 cm³/mol. The lowest BCUT2D eigenvalue weighted by molar-refractivity contribution is 0.187. The number of hydrogen-bond acceptors (Lipinski definition) is 3. The lowest BCUT2D eigenvalue weighted by atomic mass is 10.1. The first-order valence-corrected chi connectivity index (χ1v) is 8.76. The molecule has 2 aromatic rings. The number of aryl methyl sites for hydroxylation is 2. The van der Waals surface area contributed by atoms with E-state index in [1.807, 2.05) is 6.92 Å². The van der Waals surface area contributed by atoms with Crippen molar-refractivity contribution >= 4 is 29.9 Å². The summed E-state index contributed by atoms with van der Waals surface area (Å²) in [6.45, 7) is 8.15. The molecule has 1 aromatic carbocycles. The molecule has 0 saturated carbocycles. The summed E-state index contributed by atoms with van der Waals surface area (Å²) in [6, 6.07) is 10.2. The third-order valence-corrected chi connectivity index (χ3v) is 3.85. The number of benzene rings is 1. The molecule has 3 N–H and O–H groups in total. The third kappa shape index (κ3) is 7.70. The summed E-state index contributed by atoms with van der Waals surface area (Å²) in [5, 5.41) is 16.8. The number of guanidine groups is 1.